The Bertz CT molecular complexity index is 375. The van der Waals surface area contributed by atoms with E-state index in [1.807, 2.05) is 6.07 Å². The van der Waals surface area contributed by atoms with Crippen LogP contribution in [0.15, 0.2) is 18.2 Å². The molecular formula is C13H16ClN. The van der Waals surface area contributed by atoms with E-state index in [4.69, 9.17) is 11.6 Å². The van der Waals surface area contributed by atoms with Crippen molar-refractivity contribution in [2.24, 2.45) is 5.92 Å². The number of hydrogen-bond acceptors (Lipinski definition) is 1. The summed E-state index contributed by atoms with van der Waals surface area (Å²) in [4.78, 5) is 0. The Labute approximate surface area is 95.8 Å². The van der Waals surface area contributed by atoms with Crippen molar-refractivity contribution in [2.45, 2.75) is 31.7 Å². The first-order valence-corrected chi connectivity index (χ1v) is 6.25. The van der Waals surface area contributed by atoms with Crippen LogP contribution in [0, 0.1) is 5.92 Å². The van der Waals surface area contributed by atoms with Gasteiger partial charge in [0.25, 0.3) is 0 Å². The van der Waals surface area contributed by atoms with Crippen LogP contribution in [0.2, 0.25) is 5.02 Å². The minimum Gasteiger partial charge on any atom is -0.310 e. The summed E-state index contributed by atoms with van der Waals surface area (Å²) in [6.45, 7) is 1.16. The van der Waals surface area contributed by atoms with E-state index in [1.165, 1.54) is 30.4 Å². The van der Waals surface area contributed by atoms with Crippen LogP contribution in [0.5, 0.6) is 0 Å². The van der Waals surface area contributed by atoms with Gasteiger partial charge in [0.15, 0.2) is 0 Å². The van der Waals surface area contributed by atoms with Crippen LogP contribution >= 0.6 is 11.6 Å². The van der Waals surface area contributed by atoms with E-state index in [-0.39, 0.29) is 0 Å². The molecule has 0 radical (unpaired) electrons. The number of halogens is 1. The summed E-state index contributed by atoms with van der Waals surface area (Å²) in [5.74, 6) is 0.838. The van der Waals surface area contributed by atoms with Crippen molar-refractivity contribution in [3.05, 3.63) is 34.3 Å². The van der Waals surface area contributed by atoms with Gasteiger partial charge >= 0.3 is 0 Å². The molecule has 0 spiro atoms. The van der Waals surface area contributed by atoms with E-state index in [1.54, 1.807) is 0 Å². The molecule has 0 bridgehead atoms. The van der Waals surface area contributed by atoms with Gasteiger partial charge in [-0.1, -0.05) is 23.7 Å². The third kappa shape index (κ3) is 1.58. The minimum atomic E-state index is 0.571. The van der Waals surface area contributed by atoms with Crippen LogP contribution in [0.25, 0.3) is 0 Å². The molecule has 1 aromatic carbocycles. The van der Waals surface area contributed by atoms with Crippen molar-refractivity contribution in [3.63, 3.8) is 0 Å². The molecule has 1 nitrogen and oxygen atoms in total. The smallest absolute Gasteiger partial charge is 0.0441 e. The van der Waals surface area contributed by atoms with Crippen LogP contribution < -0.4 is 5.32 Å². The summed E-state index contributed by atoms with van der Waals surface area (Å²) in [6, 6.07) is 6.92. The van der Waals surface area contributed by atoms with Crippen molar-refractivity contribution in [2.75, 3.05) is 6.54 Å². The molecule has 2 heteroatoms. The van der Waals surface area contributed by atoms with Crippen molar-refractivity contribution in [1.29, 1.82) is 0 Å². The van der Waals surface area contributed by atoms with Crippen LogP contribution in [0.3, 0.4) is 0 Å². The Kier molecular flexibility index (Phi) is 2.45. The molecule has 80 valence electrons. The molecule has 1 aliphatic heterocycles. The highest BCUT2D eigenvalue weighted by Gasteiger charge is 2.31. The molecule has 2 aliphatic rings. The fourth-order valence-corrected chi connectivity index (χ4v) is 3.37. The van der Waals surface area contributed by atoms with Crippen molar-refractivity contribution in [3.8, 4) is 0 Å². The normalized spacial score (nSPS) is 29.4. The lowest BCUT2D eigenvalue weighted by molar-refractivity contribution is 0.255. The molecule has 1 fully saturated rings. The molecule has 2 unspecified atom stereocenters. The molecular weight excluding hydrogens is 206 g/mol. The van der Waals surface area contributed by atoms with Gasteiger partial charge in [0.2, 0.25) is 0 Å². The van der Waals surface area contributed by atoms with Crippen molar-refractivity contribution in [1.82, 2.24) is 5.32 Å². The number of fused-ring (bicyclic) bond motifs is 3. The molecule has 0 amide bonds. The van der Waals surface area contributed by atoms with Gasteiger partial charge in [0.05, 0.1) is 0 Å². The summed E-state index contributed by atoms with van der Waals surface area (Å²) in [5, 5.41) is 4.60. The van der Waals surface area contributed by atoms with Gasteiger partial charge in [-0.3, -0.25) is 0 Å². The third-order valence-corrected chi connectivity index (χ3v) is 4.20. The molecule has 0 saturated carbocycles. The van der Waals surface area contributed by atoms with Crippen molar-refractivity contribution >= 4 is 11.6 Å². The van der Waals surface area contributed by atoms with Gasteiger partial charge in [0, 0.05) is 11.1 Å². The Hall–Kier alpha value is -0.530. The van der Waals surface area contributed by atoms with Gasteiger partial charge in [-0.2, -0.15) is 0 Å². The molecule has 1 heterocycles. The summed E-state index contributed by atoms with van der Waals surface area (Å²) in [5.41, 5.74) is 2.84. The van der Waals surface area contributed by atoms with E-state index >= 15 is 0 Å². The lowest BCUT2D eigenvalue weighted by Gasteiger charge is -2.38. The highest BCUT2D eigenvalue weighted by molar-refractivity contribution is 6.31. The van der Waals surface area contributed by atoms with Gasteiger partial charge in [-0.05, 0) is 55.3 Å². The average molecular weight is 222 g/mol. The lowest BCUT2D eigenvalue weighted by Crippen LogP contribution is -2.37. The minimum absolute atomic E-state index is 0.571. The predicted molar refractivity (Wildman–Crippen MR) is 63.2 cm³/mol. The van der Waals surface area contributed by atoms with Crippen molar-refractivity contribution < 1.29 is 0 Å². The maximum atomic E-state index is 6.25. The molecule has 1 saturated heterocycles. The maximum Gasteiger partial charge on any atom is 0.0441 e. The molecule has 1 aromatic rings. The summed E-state index contributed by atoms with van der Waals surface area (Å²) < 4.78 is 0. The Morgan fingerprint density at radius 1 is 1.27 bits per heavy atom. The number of benzene rings is 1. The zero-order chi connectivity index (χ0) is 10.3. The van der Waals surface area contributed by atoms with E-state index in [0.717, 1.165) is 23.9 Å². The summed E-state index contributed by atoms with van der Waals surface area (Å²) in [7, 11) is 0. The van der Waals surface area contributed by atoms with E-state index < -0.39 is 0 Å². The molecule has 15 heavy (non-hydrogen) atoms. The fraction of sp³-hybridized carbons (Fsp3) is 0.538. The molecule has 1 N–H and O–H groups in total. The first-order chi connectivity index (χ1) is 7.36. The lowest BCUT2D eigenvalue weighted by atomic mass is 9.76. The summed E-state index contributed by atoms with van der Waals surface area (Å²) >= 11 is 6.25. The van der Waals surface area contributed by atoms with Crippen LogP contribution in [-0.2, 0) is 6.42 Å². The number of nitrogens with one attached hydrogen (secondary N) is 1. The van der Waals surface area contributed by atoms with Gasteiger partial charge in [0.1, 0.15) is 0 Å². The monoisotopic (exact) mass is 221 g/mol. The zero-order valence-corrected chi connectivity index (χ0v) is 9.56. The standard InChI is InChI=1S/C13H16ClN/c14-12-5-1-4-11-10(12)7-6-9-3-2-8-15-13(9)11/h1,4-5,9,13,15H,2-3,6-8H2. The zero-order valence-electron chi connectivity index (χ0n) is 8.80. The third-order valence-electron chi connectivity index (χ3n) is 3.84. The molecule has 3 rings (SSSR count). The maximum absolute atomic E-state index is 6.25. The number of piperidine rings is 1. The first-order valence-electron chi connectivity index (χ1n) is 5.87. The highest BCUT2D eigenvalue weighted by atomic mass is 35.5. The quantitative estimate of drug-likeness (QED) is 0.709. The van der Waals surface area contributed by atoms with Crippen LogP contribution in [-0.4, -0.2) is 6.54 Å². The van der Waals surface area contributed by atoms with E-state index in [0.29, 0.717) is 6.04 Å². The van der Waals surface area contributed by atoms with Gasteiger partial charge in [-0.25, -0.2) is 0 Å². The van der Waals surface area contributed by atoms with Gasteiger partial charge in [-0.15, -0.1) is 0 Å². The number of hydrogen-bond donors (Lipinski definition) is 1. The Balaban J connectivity index is 2.03. The molecule has 0 aromatic heterocycles. The average Bonchev–Trinajstić information content (AvgIpc) is 2.29. The molecule has 1 aliphatic carbocycles. The fourth-order valence-electron chi connectivity index (χ4n) is 3.09. The van der Waals surface area contributed by atoms with Crippen LogP contribution in [0.4, 0.5) is 0 Å². The largest absolute Gasteiger partial charge is 0.310 e. The Morgan fingerprint density at radius 2 is 2.20 bits per heavy atom. The first kappa shape index (κ1) is 9.68. The molecule has 2 atom stereocenters. The SMILES string of the molecule is Clc1cccc2c1CCC1CCCNC21. The van der Waals surface area contributed by atoms with E-state index in [9.17, 15) is 0 Å². The van der Waals surface area contributed by atoms with E-state index in [2.05, 4.69) is 17.4 Å². The summed E-state index contributed by atoms with van der Waals surface area (Å²) in [6.07, 6.45) is 5.17. The highest BCUT2D eigenvalue weighted by Crippen LogP contribution is 2.41. The second-order valence-electron chi connectivity index (χ2n) is 4.68. The number of rotatable bonds is 0. The topological polar surface area (TPSA) is 12.0 Å². The second-order valence-corrected chi connectivity index (χ2v) is 5.09. The second kappa shape index (κ2) is 3.80. The van der Waals surface area contributed by atoms with Gasteiger partial charge < -0.3 is 5.32 Å². The van der Waals surface area contributed by atoms with Crippen LogP contribution in [0.1, 0.15) is 36.4 Å². The Morgan fingerprint density at radius 3 is 3.13 bits per heavy atom. The predicted octanol–water partition coefficient (Wildman–Crippen LogP) is 3.33.